The molecule has 1 aliphatic carbocycles. The van der Waals surface area contributed by atoms with E-state index in [2.05, 4.69) is 10.3 Å². The van der Waals surface area contributed by atoms with E-state index in [-0.39, 0.29) is 5.56 Å². The third kappa shape index (κ3) is 1.21. The molecule has 1 saturated carbocycles. The third-order valence-electron chi connectivity index (χ3n) is 3.14. The number of hydrogen-bond acceptors (Lipinski definition) is 3. The molecule has 1 fully saturated rings. The van der Waals surface area contributed by atoms with Crippen LogP contribution in [0.3, 0.4) is 0 Å². The van der Waals surface area contributed by atoms with Gasteiger partial charge < -0.3 is 5.11 Å². The highest BCUT2D eigenvalue weighted by Gasteiger charge is 2.24. The molecule has 0 unspecified atom stereocenters. The van der Waals surface area contributed by atoms with E-state index < -0.39 is 5.97 Å². The number of benzene rings is 1. The predicted molar refractivity (Wildman–Crippen MR) is 57.4 cm³/mol. The standard InChI is InChI=1S/C11H11N3O2/c15-11(16)8-5-2-6-9-10(8)14(13-12-9)7-3-1-4-7/h2,5-7H,1,3-4H2,(H,15,16). The van der Waals surface area contributed by atoms with Crippen molar-refractivity contribution in [2.75, 3.05) is 0 Å². The van der Waals surface area contributed by atoms with E-state index >= 15 is 0 Å². The highest BCUT2D eigenvalue weighted by atomic mass is 16.4. The molecule has 16 heavy (non-hydrogen) atoms. The topological polar surface area (TPSA) is 68.0 Å². The molecule has 0 amide bonds. The number of carbonyl (C=O) groups is 1. The van der Waals surface area contributed by atoms with Crippen molar-refractivity contribution >= 4 is 17.0 Å². The van der Waals surface area contributed by atoms with Gasteiger partial charge in [0, 0.05) is 0 Å². The van der Waals surface area contributed by atoms with E-state index in [1.165, 1.54) is 6.42 Å². The molecule has 0 bridgehead atoms. The average Bonchev–Trinajstić information content (AvgIpc) is 2.59. The van der Waals surface area contributed by atoms with Crippen molar-refractivity contribution in [1.82, 2.24) is 15.0 Å². The molecular formula is C11H11N3O2. The normalized spacial score (nSPS) is 16.2. The summed E-state index contributed by atoms with van der Waals surface area (Å²) in [7, 11) is 0. The van der Waals surface area contributed by atoms with Crippen LogP contribution in [0, 0.1) is 0 Å². The Hall–Kier alpha value is -1.91. The second-order valence-corrected chi connectivity index (χ2v) is 4.10. The van der Waals surface area contributed by atoms with Gasteiger partial charge in [-0.05, 0) is 31.4 Å². The summed E-state index contributed by atoms with van der Waals surface area (Å²) in [5, 5.41) is 17.2. The number of aromatic carboxylic acids is 1. The minimum atomic E-state index is -0.923. The number of nitrogens with zero attached hydrogens (tertiary/aromatic N) is 3. The highest BCUT2D eigenvalue weighted by molar-refractivity contribution is 6.00. The SMILES string of the molecule is O=C(O)c1cccc2nnn(C3CCC3)c12. The Morgan fingerprint density at radius 3 is 2.88 bits per heavy atom. The summed E-state index contributed by atoms with van der Waals surface area (Å²) in [5.41, 5.74) is 1.60. The lowest BCUT2D eigenvalue weighted by Gasteiger charge is -2.25. The number of aromatic nitrogens is 3. The Morgan fingerprint density at radius 1 is 1.44 bits per heavy atom. The van der Waals surface area contributed by atoms with Gasteiger partial charge in [-0.3, -0.25) is 0 Å². The zero-order chi connectivity index (χ0) is 11.1. The molecule has 82 valence electrons. The molecule has 1 aromatic carbocycles. The van der Waals surface area contributed by atoms with Crippen molar-refractivity contribution in [1.29, 1.82) is 0 Å². The molecule has 1 heterocycles. The Labute approximate surface area is 91.7 Å². The van der Waals surface area contributed by atoms with Gasteiger partial charge in [-0.2, -0.15) is 0 Å². The first-order valence-corrected chi connectivity index (χ1v) is 5.34. The summed E-state index contributed by atoms with van der Waals surface area (Å²) in [6, 6.07) is 5.42. The van der Waals surface area contributed by atoms with Crippen LogP contribution < -0.4 is 0 Å². The molecule has 0 radical (unpaired) electrons. The van der Waals surface area contributed by atoms with Crippen molar-refractivity contribution in [2.24, 2.45) is 0 Å². The van der Waals surface area contributed by atoms with Crippen molar-refractivity contribution in [3.05, 3.63) is 23.8 Å². The van der Waals surface area contributed by atoms with Crippen LogP contribution in [0.5, 0.6) is 0 Å². The van der Waals surface area contributed by atoms with Gasteiger partial charge in [0.2, 0.25) is 0 Å². The maximum Gasteiger partial charge on any atom is 0.337 e. The van der Waals surface area contributed by atoms with Crippen molar-refractivity contribution in [3.8, 4) is 0 Å². The van der Waals surface area contributed by atoms with E-state index in [9.17, 15) is 4.79 Å². The molecule has 1 aromatic heterocycles. The lowest BCUT2D eigenvalue weighted by Crippen LogP contribution is -2.19. The maximum atomic E-state index is 11.1. The fourth-order valence-electron chi connectivity index (χ4n) is 2.05. The number of carboxylic acid groups (broad SMARTS) is 1. The molecule has 1 aliphatic rings. The Morgan fingerprint density at radius 2 is 2.25 bits per heavy atom. The van der Waals surface area contributed by atoms with E-state index in [1.807, 2.05) is 0 Å². The van der Waals surface area contributed by atoms with Gasteiger partial charge in [-0.25, -0.2) is 9.48 Å². The molecule has 5 nitrogen and oxygen atoms in total. The maximum absolute atomic E-state index is 11.1. The second kappa shape index (κ2) is 3.30. The number of rotatable bonds is 2. The first kappa shape index (κ1) is 9.33. The minimum absolute atomic E-state index is 0.286. The number of hydrogen-bond donors (Lipinski definition) is 1. The first-order valence-electron chi connectivity index (χ1n) is 5.34. The van der Waals surface area contributed by atoms with Crippen LogP contribution in [-0.4, -0.2) is 26.1 Å². The number of carboxylic acids is 1. The molecule has 0 aliphatic heterocycles. The van der Waals surface area contributed by atoms with Crippen molar-refractivity contribution < 1.29 is 9.90 Å². The van der Waals surface area contributed by atoms with Crippen LogP contribution in [-0.2, 0) is 0 Å². The smallest absolute Gasteiger partial charge is 0.337 e. The quantitative estimate of drug-likeness (QED) is 0.833. The van der Waals surface area contributed by atoms with Crippen LogP contribution in [0.15, 0.2) is 18.2 Å². The molecular weight excluding hydrogens is 206 g/mol. The van der Waals surface area contributed by atoms with Gasteiger partial charge in [0.15, 0.2) is 0 Å². The van der Waals surface area contributed by atoms with E-state index in [0.717, 1.165) is 12.8 Å². The van der Waals surface area contributed by atoms with Crippen LogP contribution in [0.2, 0.25) is 0 Å². The van der Waals surface area contributed by atoms with E-state index in [0.29, 0.717) is 17.1 Å². The van der Waals surface area contributed by atoms with Crippen molar-refractivity contribution in [2.45, 2.75) is 25.3 Å². The Kier molecular flexibility index (Phi) is 1.92. The largest absolute Gasteiger partial charge is 0.478 e. The van der Waals surface area contributed by atoms with Gasteiger partial charge in [0.25, 0.3) is 0 Å². The fourth-order valence-corrected chi connectivity index (χ4v) is 2.05. The summed E-state index contributed by atoms with van der Waals surface area (Å²) in [6.45, 7) is 0. The molecule has 5 heteroatoms. The summed E-state index contributed by atoms with van der Waals surface area (Å²) in [6.07, 6.45) is 3.31. The average molecular weight is 217 g/mol. The zero-order valence-electron chi connectivity index (χ0n) is 8.63. The van der Waals surface area contributed by atoms with Crippen molar-refractivity contribution in [3.63, 3.8) is 0 Å². The van der Waals surface area contributed by atoms with Gasteiger partial charge in [0.1, 0.15) is 11.0 Å². The van der Waals surface area contributed by atoms with E-state index in [1.54, 1.807) is 22.9 Å². The molecule has 0 spiro atoms. The second-order valence-electron chi connectivity index (χ2n) is 4.10. The number of fused-ring (bicyclic) bond motifs is 1. The Bertz CT molecular complexity index is 557. The predicted octanol–water partition coefficient (Wildman–Crippen LogP) is 1.85. The van der Waals surface area contributed by atoms with Crippen LogP contribution in [0.4, 0.5) is 0 Å². The lowest BCUT2D eigenvalue weighted by atomic mass is 9.93. The van der Waals surface area contributed by atoms with Crippen LogP contribution in [0.25, 0.3) is 11.0 Å². The molecule has 3 rings (SSSR count). The summed E-state index contributed by atoms with van der Waals surface area (Å²) >= 11 is 0. The minimum Gasteiger partial charge on any atom is -0.478 e. The summed E-state index contributed by atoms with van der Waals surface area (Å²) in [4.78, 5) is 11.1. The van der Waals surface area contributed by atoms with Gasteiger partial charge in [-0.15, -0.1) is 5.10 Å². The monoisotopic (exact) mass is 217 g/mol. The van der Waals surface area contributed by atoms with E-state index in [4.69, 9.17) is 5.11 Å². The van der Waals surface area contributed by atoms with Gasteiger partial charge >= 0.3 is 5.97 Å². The summed E-state index contributed by atoms with van der Waals surface area (Å²) in [5.74, 6) is -0.923. The Balaban J connectivity index is 2.25. The number of para-hydroxylation sites is 1. The molecule has 0 saturated heterocycles. The first-order chi connectivity index (χ1) is 7.77. The highest BCUT2D eigenvalue weighted by Crippen LogP contribution is 2.33. The zero-order valence-corrected chi connectivity index (χ0v) is 8.63. The van der Waals surface area contributed by atoms with Gasteiger partial charge in [0.05, 0.1) is 11.6 Å². The lowest BCUT2D eigenvalue weighted by molar-refractivity contribution is 0.0698. The fraction of sp³-hybridized carbons (Fsp3) is 0.364. The van der Waals surface area contributed by atoms with Crippen LogP contribution >= 0.6 is 0 Å². The van der Waals surface area contributed by atoms with Gasteiger partial charge in [-0.1, -0.05) is 11.3 Å². The molecule has 1 N–H and O–H groups in total. The summed E-state index contributed by atoms with van der Waals surface area (Å²) < 4.78 is 1.77. The third-order valence-corrected chi connectivity index (χ3v) is 3.14. The molecule has 0 atom stereocenters. The molecule has 2 aromatic rings. The van der Waals surface area contributed by atoms with Crippen LogP contribution in [0.1, 0.15) is 35.7 Å².